The molecule has 8 heteroatoms. The minimum Gasteiger partial charge on any atom is -0.334 e. The third-order valence-electron chi connectivity index (χ3n) is 6.98. The molecule has 5 rings (SSSR count). The van der Waals surface area contributed by atoms with Crippen LogP contribution in [0.2, 0.25) is 0 Å². The van der Waals surface area contributed by atoms with Crippen LogP contribution in [-0.2, 0) is 20.0 Å². The highest BCUT2D eigenvalue weighted by Gasteiger charge is 2.26. The van der Waals surface area contributed by atoms with E-state index in [0.29, 0.717) is 35.6 Å². The van der Waals surface area contributed by atoms with Crippen molar-refractivity contribution < 1.29 is 4.79 Å². The van der Waals surface area contributed by atoms with E-state index in [2.05, 4.69) is 28.9 Å². The lowest BCUT2D eigenvalue weighted by Gasteiger charge is -2.27. The van der Waals surface area contributed by atoms with Gasteiger partial charge in [0.2, 0.25) is 0 Å². The van der Waals surface area contributed by atoms with Gasteiger partial charge in [-0.3, -0.25) is 18.7 Å². The topological polar surface area (TPSA) is 88.3 Å². The van der Waals surface area contributed by atoms with Crippen LogP contribution in [0, 0.1) is 6.92 Å². The first-order valence-electron chi connectivity index (χ1n) is 12.3. The maximum Gasteiger partial charge on any atom is 0.274 e. The minimum absolute atomic E-state index is 0.0180. The SMILES string of the molecule is CCCC(CCC)c1ncc2c(=O)[nH]c3cc(C(=O)N4CCc5nn(C)cc5C4)c(C)cc3n12. The van der Waals surface area contributed by atoms with Gasteiger partial charge in [-0.25, -0.2) is 4.98 Å². The molecule has 4 aromatic rings. The van der Waals surface area contributed by atoms with Gasteiger partial charge in [0.15, 0.2) is 0 Å². The molecule has 0 saturated heterocycles. The lowest BCUT2D eigenvalue weighted by molar-refractivity contribution is 0.0733. The van der Waals surface area contributed by atoms with Crippen molar-refractivity contribution in [1.82, 2.24) is 29.0 Å². The molecule has 0 spiro atoms. The predicted molar refractivity (Wildman–Crippen MR) is 132 cm³/mol. The number of hydrogen-bond donors (Lipinski definition) is 1. The van der Waals surface area contributed by atoms with Crippen molar-refractivity contribution in [2.45, 2.75) is 65.3 Å². The Bertz CT molecular complexity index is 1440. The van der Waals surface area contributed by atoms with E-state index in [1.165, 1.54) is 0 Å². The number of nitrogens with one attached hydrogen (secondary N) is 1. The second kappa shape index (κ2) is 8.74. The Balaban J connectivity index is 1.59. The smallest absolute Gasteiger partial charge is 0.274 e. The molecule has 0 unspecified atom stereocenters. The van der Waals surface area contributed by atoms with E-state index in [4.69, 9.17) is 0 Å². The molecule has 0 aliphatic carbocycles. The minimum atomic E-state index is -0.182. The first-order chi connectivity index (χ1) is 16.4. The van der Waals surface area contributed by atoms with Crippen LogP contribution >= 0.6 is 0 Å². The number of imidazole rings is 1. The number of nitrogens with zero attached hydrogens (tertiary/aromatic N) is 5. The van der Waals surface area contributed by atoms with Crippen LogP contribution in [0.5, 0.6) is 0 Å². The molecule has 0 saturated carbocycles. The fraction of sp³-hybridized carbons (Fsp3) is 0.462. The van der Waals surface area contributed by atoms with E-state index < -0.39 is 0 Å². The Hall–Kier alpha value is -3.42. The van der Waals surface area contributed by atoms with Gasteiger partial charge < -0.3 is 9.88 Å². The summed E-state index contributed by atoms with van der Waals surface area (Å²) in [6.07, 6.45) is 8.60. The number of aryl methyl sites for hydroxylation is 2. The summed E-state index contributed by atoms with van der Waals surface area (Å²) in [6.45, 7) is 7.52. The van der Waals surface area contributed by atoms with Crippen molar-refractivity contribution in [2.75, 3.05) is 6.54 Å². The number of aromatic amines is 1. The van der Waals surface area contributed by atoms with E-state index in [1.807, 2.05) is 46.3 Å². The Morgan fingerprint density at radius 2 is 1.94 bits per heavy atom. The maximum absolute atomic E-state index is 13.5. The molecule has 0 bridgehead atoms. The molecule has 1 aliphatic heterocycles. The van der Waals surface area contributed by atoms with Gasteiger partial charge in [0.1, 0.15) is 11.3 Å². The fourth-order valence-corrected chi connectivity index (χ4v) is 5.36. The van der Waals surface area contributed by atoms with Crippen LogP contribution in [0.4, 0.5) is 0 Å². The summed E-state index contributed by atoms with van der Waals surface area (Å²) in [5, 5.41) is 4.49. The zero-order valence-electron chi connectivity index (χ0n) is 20.4. The Morgan fingerprint density at radius 3 is 2.68 bits per heavy atom. The highest BCUT2D eigenvalue weighted by atomic mass is 16.2. The van der Waals surface area contributed by atoms with Crippen molar-refractivity contribution in [3.8, 4) is 0 Å². The Labute approximate surface area is 198 Å². The summed E-state index contributed by atoms with van der Waals surface area (Å²) in [7, 11) is 1.91. The van der Waals surface area contributed by atoms with E-state index in [0.717, 1.165) is 60.3 Å². The van der Waals surface area contributed by atoms with Gasteiger partial charge in [-0.05, 0) is 37.5 Å². The van der Waals surface area contributed by atoms with Gasteiger partial charge in [0, 0.05) is 49.8 Å². The average Bonchev–Trinajstić information content (AvgIpc) is 3.41. The molecule has 1 N–H and O–H groups in total. The first kappa shape index (κ1) is 22.4. The van der Waals surface area contributed by atoms with Crippen molar-refractivity contribution >= 4 is 22.5 Å². The number of hydrogen-bond acceptors (Lipinski definition) is 4. The van der Waals surface area contributed by atoms with E-state index in [9.17, 15) is 9.59 Å². The van der Waals surface area contributed by atoms with Crippen molar-refractivity contribution in [2.24, 2.45) is 7.05 Å². The summed E-state index contributed by atoms with van der Waals surface area (Å²) in [5.74, 6) is 1.22. The molecular weight excluding hydrogens is 428 g/mol. The van der Waals surface area contributed by atoms with E-state index in [1.54, 1.807) is 6.20 Å². The number of rotatable bonds is 6. The number of amides is 1. The molecule has 1 aromatic carbocycles. The molecule has 0 atom stereocenters. The number of benzene rings is 1. The monoisotopic (exact) mass is 460 g/mol. The normalized spacial score (nSPS) is 13.9. The second-order valence-corrected chi connectivity index (χ2v) is 9.50. The van der Waals surface area contributed by atoms with Gasteiger partial charge in [-0.1, -0.05) is 26.7 Å². The molecule has 4 heterocycles. The van der Waals surface area contributed by atoms with Crippen LogP contribution in [0.25, 0.3) is 16.6 Å². The summed E-state index contributed by atoms with van der Waals surface area (Å²) < 4.78 is 3.82. The maximum atomic E-state index is 13.5. The van der Waals surface area contributed by atoms with Gasteiger partial charge in [-0.15, -0.1) is 0 Å². The summed E-state index contributed by atoms with van der Waals surface area (Å²) in [4.78, 5) is 36.0. The molecular formula is C26H32N6O2. The molecule has 0 radical (unpaired) electrons. The molecule has 34 heavy (non-hydrogen) atoms. The van der Waals surface area contributed by atoms with E-state index in [-0.39, 0.29) is 11.5 Å². The first-order valence-corrected chi connectivity index (χ1v) is 12.3. The molecule has 8 nitrogen and oxygen atoms in total. The lowest BCUT2D eigenvalue weighted by Crippen LogP contribution is -2.36. The highest BCUT2D eigenvalue weighted by molar-refractivity contribution is 5.99. The van der Waals surface area contributed by atoms with Crippen molar-refractivity contribution in [1.29, 1.82) is 0 Å². The zero-order valence-corrected chi connectivity index (χ0v) is 20.4. The van der Waals surface area contributed by atoms with Crippen LogP contribution in [0.3, 0.4) is 0 Å². The Morgan fingerprint density at radius 1 is 1.18 bits per heavy atom. The molecule has 3 aromatic heterocycles. The zero-order chi connectivity index (χ0) is 24.0. The molecule has 1 amide bonds. The number of H-pyrrole nitrogens is 1. The third-order valence-corrected chi connectivity index (χ3v) is 6.98. The van der Waals surface area contributed by atoms with E-state index >= 15 is 0 Å². The van der Waals surface area contributed by atoms with Crippen molar-refractivity contribution in [3.05, 3.63) is 63.1 Å². The quantitative estimate of drug-likeness (QED) is 0.469. The van der Waals surface area contributed by atoms with Gasteiger partial charge in [-0.2, -0.15) is 5.10 Å². The average molecular weight is 461 g/mol. The highest BCUT2D eigenvalue weighted by Crippen LogP contribution is 2.29. The molecule has 1 aliphatic rings. The third kappa shape index (κ3) is 3.71. The Kier molecular flexibility index (Phi) is 5.75. The van der Waals surface area contributed by atoms with Crippen LogP contribution in [0.1, 0.15) is 78.5 Å². The summed E-state index contributed by atoms with van der Waals surface area (Å²) in [6, 6.07) is 3.86. The number of aromatic nitrogens is 5. The van der Waals surface area contributed by atoms with Gasteiger partial charge in [0.05, 0.1) is 22.9 Å². The standard InChI is InChI=1S/C26H32N6O2/c1-5-7-17(8-6-2)24-27-13-23-25(33)28-21-12-19(16(3)11-22(21)32(23)24)26(34)31-10-9-20-18(15-31)14-30(4)29-20/h11-14,17H,5-10,15H2,1-4H3,(H,28,33). The molecule has 0 fully saturated rings. The fourth-order valence-electron chi connectivity index (χ4n) is 5.36. The summed E-state index contributed by atoms with van der Waals surface area (Å²) >= 11 is 0. The summed E-state index contributed by atoms with van der Waals surface area (Å²) in [5.41, 5.74) is 5.60. The van der Waals surface area contributed by atoms with Gasteiger partial charge >= 0.3 is 0 Å². The van der Waals surface area contributed by atoms with Crippen LogP contribution in [-0.4, -0.2) is 41.5 Å². The van der Waals surface area contributed by atoms with Gasteiger partial charge in [0.25, 0.3) is 11.5 Å². The van der Waals surface area contributed by atoms with Crippen LogP contribution in [0.15, 0.2) is 29.3 Å². The number of carbonyl (C=O) groups excluding carboxylic acids is 1. The largest absolute Gasteiger partial charge is 0.334 e. The lowest BCUT2D eigenvalue weighted by atomic mass is 9.97. The second-order valence-electron chi connectivity index (χ2n) is 9.50. The van der Waals surface area contributed by atoms with Crippen LogP contribution < -0.4 is 5.56 Å². The predicted octanol–water partition coefficient (Wildman–Crippen LogP) is 4.10. The number of carbonyl (C=O) groups is 1. The van der Waals surface area contributed by atoms with Crippen molar-refractivity contribution in [3.63, 3.8) is 0 Å². The molecule has 178 valence electrons. The number of fused-ring (bicyclic) bond motifs is 4.